The summed E-state index contributed by atoms with van der Waals surface area (Å²) in [5.41, 5.74) is 0.0461. The molecule has 0 unspecified atom stereocenters. The zero-order valence-electron chi connectivity index (χ0n) is 11.9. The normalized spacial score (nSPS) is 10.2. The third-order valence-corrected chi connectivity index (χ3v) is 3.07. The van der Waals surface area contributed by atoms with Gasteiger partial charge in [0.15, 0.2) is 0 Å². The number of nitro benzene ring substituents is 1. The smallest absolute Gasteiger partial charge is 0.270 e. The number of non-ortho nitro benzene ring substituents is 1. The minimum atomic E-state index is -0.568. The van der Waals surface area contributed by atoms with Crippen LogP contribution in [-0.2, 0) is 0 Å². The third kappa shape index (κ3) is 4.72. The number of carbonyl (C=O) groups is 1. The zero-order chi connectivity index (χ0) is 16.0. The van der Waals surface area contributed by atoms with Gasteiger partial charge in [0.1, 0.15) is 0 Å². The summed E-state index contributed by atoms with van der Waals surface area (Å²) in [6.45, 7) is 4.73. The van der Waals surface area contributed by atoms with Gasteiger partial charge in [-0.15, -0.1) is 0 Å². The molecule has 1 rings (SSSR count). The summed E-state index contributed by atoms with van der Waals surface area (Å²) < 4.78 is 0. The van der Waals surface area contributed by atoms with Gasteiger partial charge in [0.05, 0.1) is 28.0 Å². The SMILES string of the molecule is CC(C)CN(CCC#N)C(=O)c1ccc([N+](=O)[O-])cc1Cl. The summed E-state index contributed by atoms with van der Waals surface area (Å²) in [5, 5.41) is 19.4. The maximum absolute atomic E-state index is 12.5. The lowest BCUT2D eigenvalue weighted by Gasteiger charge is -2.24. The first-order valence-corrected chi connectivity index (χ1v) is 6.84. The molecule has 0 aliphatic heterocycles. The molecular formula is C14H16ClN3O3. The van der Waals surface area contributed by atoms with Crippen molar-refractivity contribution in [1.29, 1.82) is 5.26 Å². The Morgan fingerprint density at radius 1 is 1.52 bits per heavy atom. The van der Waals surface area contributed by atoms with Crippen molar-refractivity contribution >= 4 is 23.2 Å². The summed E-state index contributed by atoms with van der Waals surface area (Å²) in [6.07, 6.45) is 0.225. The van der Waals surface area contributed by atoms with Crippen molar-refractivity contribution in [1.82, 2.24) is 4.90 Å². The molecule has 0 bridgehead atoms. The Labute approximate surface area is 128 Å². The van der Waals surface area contributed by atoms with Crippen molar-refractivity contribution in [3.8, 4) is 6.07 Å². The minimum absolute atomic E-state index is 0.0416. The largest absolute Gasteiger partial charge is 0.337 e. The molecule has 1 aromatic rings. The number of nitro groups is 1. The molecule has 0 saturated carbocycles. The molecule has 0 aromatic heterocycles. The lowest BCUT2D eigenvalue weighted by Crippen LogP contribution is -2.35. The second-order valence-corrected chi connectivity index (χ2v) is 5.38. The highest BCUT2D eigenvalue weighted by Crippen LogP contribution is 2.24. The van der Waals surface area contributed by atoms with E-state index in [2.05, 4.69) is 0 Å². The number of halogens is 1. The molecule has 1 amide bonds. The summed E-state index contributed by atoms with van der Waals surface area (Å²) in [7, 11) is 0. The van der Waals surface area contributed by atoms with Gasteiger partial charge in [-0.05, 0) is 12.0 Å². The van der Waals surface area contributed by atoms with Crippen molar-refractivity contribution in [2.45, 2.75) is 20.3 Å². The molecule has 0 N–H and O–H groups in total. The molecule has 0 radical (unpaired) electrons. The van der Waals surface area contributed by atoms with Gasteiger partial charge in [-0.3, -0.25) is 14.9 Å². The van der Waals surface area contributed by atoms with Crippen LogP contribution in [0.1, 0.15) is 30.6 Å². The Morgan fingerprint density at radius 2 is 2.19 bits per heavy atom. The van der Waals surface area contributed by atoms with E-state index in [0.29, 0.717) is 13.1 Å². The molecule has 21 heavy (non-hydrogen) atoms. The van der Waals surface area contributed by atoms with E-state index in [9.17, 15) is 14.9 Å². The maximum atomic E-state index is 12.5. The van der Waals surface area contributed by atoms with Gasteiger partial charge in [0, 0.05) is 25.2 Å². The standard InChI is InChI=1S/C14H16ClN3O3/c1-10(2)9-17(7-3-6-16)14(19)12-5-4-11(18(20)21)8-13(12)15/h4-5,8,10H,3,7,9H2,1-2H3. The Hall–Kier alpha value is -2.13. The number of carbonyl (C=O) groups excluding carboxylic acids is 1. The van der Waals surface area contributed by atoms with Gasteiger partial charge in [-0.25, -0.2) is 0 Å². The Balaban J connectivity index is 3.03. The fourth-order valence-corrected chi connectivity index (χ4v) is 2.12. The van der Waals surface area contributed by atoms with Crippen LogP contribution >= 0.6 is 11.6 Å². The average molecular weight is 310 g/mol. The Morgan fingerprint density at radius 3 is 2.67 bits per heavy atom. The van der Waals surface area contributed by atoms with Gasteiger partial charge in [0.25, 0.3) is 11.6 Å². The zero-order valence-corrected chi connectivity index (χ0v) is 12.6. The molecule has 112 valence electrons. The highest BCUT2D eigenvalue weighted by molar-refractivity contribution is 6.34. The lowest BCUT2D eigenvalue weighted by atomic mass is 10.1. The van der Waals surface area contributed by atoms with Crippen LogP contribution in [0.4, 0.5) is 5.69 Å². The topological polar surface area (TPSA) is 87.2 Å². The summed E-state index contributed by atoms with van der Waals surface area (Å²) in [4.78, 5) is 24.1. The minimum Gasteiger partial charge on any atom is -0.337 e. The van der Waals surface area contributed by atoms with Crippen LogP contribution < -0.4 is 0 Å². The highest BCUT2D eigenvalue weighted by atomic mass is 35.5. The first kappa shape index (κ1) is 16.9. The summed E-state index contributed by atoms with van der Waals surface area (Å²) >= 11 is 5.97. The number of amides is 1. The second-order valence-electron chi connectivity index (χ2n) is 4.97. The summed E-state index contributed by atoms with van der Waals surface area (Å²) in [6, 6.07) is 5.76. The first-order chi connectivity index (χ1) is 9.86. The molecule has 0 atom stereocenters. The van der Waals surface area contributed by atoms with Crippen LogP contribution in [0.3, 0.4) is 0 Å². The number of hydrogen-bond donors (Lipinski definition) is 0. The van der Waals surface area contributed by atoms with Crippen molar-refractivity contribution in [2.24, 2.45) is 5.92 Å². The molecule has 7 heteroatoms. The van der Waals surface area contributed by atoms with Crippen LogP contribution in [0.2, 0.25) is 5.02 Å². The number of rotatable bonds is 6. The highest BCUT2D eigenvalue weighted by Gasteiger charge is 2.21. The van der Waals surface area contributed by atoms with Crippen molar-refractivity contribution in [3.05, 3.63) is 38.9 Å². The molecule has 0 aliphatic carbocycles. The van der Waals surface area contributed by atoms with Gasteiger partial charge in [-0.2, -0.15) is 5.26 Å². The van der Waals surface area contributed by atoms with E-state index in [0.717, 1.165) is 6.07 Å². The summed E-state index contributed by atoms with van der Waals surface area (Å²) in [5.74, 6) is -0.0803. The van der Waals surface area contributed by atoms with Crippen LogP contribution in [0.5, 0.6) is 0 Å². The fourth-order valence-electron chi connectivity index (χ4n) is 1.86. The molecule has 0 aliphatic rings. The Kier molecular flexibility index (Phi) is 6.12. The van der Waals surface area contributed by atoms with E-state index in [1.54, 1.807) is 4.90 Å². The van der Waals surface area contributed by atoms with Gasteiger partial charge in [0.2, 0.25) is 0 Å². The van der Waals surface area contributed by atoms with E-state index in [4.69, 9.17) is 16.9 Å². The maximum Gasteiger partial charge on any atom is 0.270 e. The van der Waals surface area contributed by atoms with E-state index in [1.807, 2.05) is 19.9 Å². The number of nitriles is 1. The fraction of sp³-hybridized carbons (Fsp3) is 0.429. The van der Waals surface area contributed by atoms with E-state index in [-0.39, 0.29) is 34.5 Å². The van der Waals surface area contributed by atoms with Crippen LogP contribution in [0.25, 0.3) is 0 Å². The molecule has 1 aromatic carbocycles. The number of nitrogens with zero attached hydrogens (tertiary/aromatic N) is 3. The number of hydrogen-bond acceptors (Lipinski definition) is 4. The third-order valence-electron chi connectivity index (χ3n) is 2.76. The van der Waals surface area contributed by atoms with E-state index < -0.39 is 4.92 Å². The van der Waals surface area contributed by atoms with Gasteiger partial charge in [-0.1, -0.05) is 25.4 Å². The lowest BCUT2D eigenvalue weighted by molar-refractivity contribution is -0.384. The quantitative estimate of drug-likeness (QED) is 0.596. The molecular weight excluding hydrogens is 294 g/mol. The Bertz CT molecular complexity index is 581. The van der Waals surface area contributed by atoms with Crippen molar-refractivity contribution in [3.63, 3.8) is 0 Å². The molecule has 0 saturated heterocycles. The van der Waals surface area contributed by atoms with Crippen LogP contribution in [-0.4, -0.2) is 28.8 Å². The van der Waals surface area contributed by atoms with Gasteiger partial charge < -0.3 is 4.90 Å². The molecule has 0 fully saturated rings. The van der Waals surface area contributed by atoms with Crippen LogP contribution in [0.15, 0.2) is 18.2 Å². The van der Waals surface area contributed by atoms with Gasteiger partial charge >= 0.3 is 0 Å². The predicted octanol–water partition coefficient (Wildman–Crippen LogP) is 3.26. The first-order valence-electron chi connectivity index (χ1n) is 6.47. The number of benzene rings is 1. The molecule has 0 spiro atoms. The van der Waals surface area contributed by atoms with Crippen LogP contribution in [0, 0.1) is 27.4 Å². The van der Waals surface area contributed by atoms with E-state index in [1.165, 1.54) is 12.1 Å². The second kappa shape index (κ2) is 7.60. The monoisotopic (exact) mass is 309 g/mol. The predicted molar refractivity (Wildman–Crippen MR) is 79.1 cm³/mol. The van der Waals surface area contributed by atoms with Crippen molar-refractivity contribution in [2.75, 3.05) is 13.1 Å². The molecule has 0 heterocycles. The molecule has 6 nitrogen and oxygen atoms in total. The van der Waals surface area contributed by atoms with Crippen molar-refractivity contribution < 1.29 is 9.72 Å². The van der Waals surface area contributed by atoms with E-state index >= 15 is 0 Å². The average Bonchev–Trinajstić information content (AvgIpc) is 2.42.